The first kappa shape index (κ1) is 15.2. The predicted octanol–water partition coefficient (Wildman–Crippen LogP) is 1.30. The van der Waals surface area contributed by atoms with Gasteiger partial charge in [-0.25, -0.2) is 0 Å². The van der Waals surface area contributed by atoms with Gasteiger partial charge in [0.1, 0.15) is 0 Å². The zero-order chi connectivity index (χ0) is 14.8. The van der Waals surface area contributed by atoms with Gasteiger partial charge < -0.3 is 15.1 Å². The molecule has 6 heteroatoms. The highest BCUT2D eigenvalue weighted by atomic mass is 32.1. The summed E-state index contributed by atoms with van der Waals surface area (Å²) in [4.78, 5) is 26.4. The van der Waals surface area contributed by atoms with E-state index in [2.05, 4.69) is 0 Å². The maximum atomic E-state index is 12.4. The molecule has 1 saturated heterocycles. The van der Waals surface area contributed by atoms with Crippen LogP contribution in [0.3, 0.4) is 0 Å². The number of ketones is 1. The van der Waals surface area contributed by atoms with Crippen molar-refractivity contribution in [2.75, 3.05) is 19.7 Å². The maximum Gasteiger partial charge on any atom is 0.263 e. The Kier molecular flexibility index (Phi) is 4.57. The van der Waals surface area contributed by atoms with Gasteiger partial charge in [-0.3, -0.25) is 9.59 Å². The van der Waals surface area contributed by atoms with Crippen LogP contribution in [0, 0.1) is 0 Å². The van der Waals surface area contributed by atoms with Crippen molar-refractivity contribution in [2.45, 2.75) is 31.8 Å². The minimum Gasteiger partial charge on any atom is -0.393 e. The highest BCUT2D eigenvalue weighted by Gasteiger charge is 2.31. The molecule has 0 saturated carbocycles. The van der Waals surface area contributed by atoms with Crippen LogP contribution in [0.15, 0.2) is 12.1 Å². The molecule has 1 atom stereocenters. The zero-order valence-corrected chi connectivity index (χ0v) is 12.3. The Hall–Kier alpha value is -1.24. The molecule has 0 aliphatic carbocycles. The van der Waals surface area contributed by atoms with Crippen molar-refractivity contribution in [1.29, 1.82) is 0 Å². The molecule has 5 nitrogen and oxygen atoms in total. The van der Waals surface area contributed by atoms with Crippen molar-refractivity contribution in [3.05, 3.63) is 21.9 Å². The number of carbonyl (C=O) groups is 2. The number of Topliss-reactive ketones (excluding diaryl/α,β-unsaturated/α-hetero) is 1. The molecule has 2 heterocycles. The van der Waals surface area contributed by atoms with Gasteiger partial charge >= 0.3 is 0 Å². The first-order valence-corrected chi connectivity index (χ1v) is 7.50. The molecule has 0 aromatic carbocycles. The first-order valence-electron chi connectivity index (χ1n) is 6.68. The summed E-state index contributed by atoms with van der Waals surface area (Å²) in [5.41, 5.74) is -1.07. The summed E-state index contributed by atoms with van der Waals surface area (Å²) >= 11 is 1.20. The molecule has 0 radical (unpaired) electrons. The highest BCUT2D eigenvalue weighted by Crippen LogP contribution is 2.24. The molecule has 1 aromatic rings. The number of carbonyl (C=O) groups excluding carboxylic acids is 2. The smallest absolute Gasteiger partial charge is 0.263 e. The Labute approximate surface area is 121 Å². The fourth-order valence-electron chi connectivity index (χ4n) is 2.34. The third-order valence-electron chi connectivity index (χ3n) is 3.66. The molecule has 2 rings (SSSR count). The van der Waals surface area contributed by atoms with E-state index in [9.17, 15) is 19.8 Å². The van der Waals surface area contributed by atoms with Crippen LogP contribution in [0.1, 0.15) is 45.5 Å². The van der Waals surface area contributed by atoms with Crippen LogP contribution >= 0.6 is 11.3 Å². The van der Waals surface area contributed by atoms with E-state index < -0.39 is 5.60 Å². The molecule has 1 aromatic heterocycles. The quantitative estimate of drug-likeness (QED) is 0.824. The molecule has 110 valence electrons. The standard InChI is InChI=1S/C14H19NO4S/c1-10(17)11-3-4-12(20-11)13(18)15-7-2-5-14(19,9-16)6-8-15/h3-4,16,19H,2,5-9H2,1H3/t14-/m0/s1. The Morgan fingerprint density at radius 2 is 2.00 bits per heavy atom. The number of aliphatic hydroxyl groups is 2. The number of aliphatic hydroxyl groups excluding tert-OH is 1. The van der Waals surface area contributed by atoms with Gasteiger partial charge in [-0.15, -0.1) is 11.3 Å². The van der Waals surface area contributed by atoms with Gasteiger partial charge in [0, 0.05) is 13.1 Å². The fourth-order valence-corrected chi connectivity index (χ4v) is 3.21. The lowest BCUT2D eigenvalue weighted by Gasteiger charge is -2.24. The van der Waals surface area contributed by atoms with Crippen LogP contribution < -0.4 is 0 Å². The molecule has 1 aliphatic heterocycles. The Morgan fingerprint density at radius 3 is 2.60 bits per heavy atom. The van der Waals surface area contributed by atoms with E-state index in [4.69, 9.17) is 0 Å². The fraction of sp³-hybridized carbons (Fsp3) is 0.571. The van der Waals surface area contributed by atoms with E-state index >= 15 is 0 Å². The van der Waals surface area contributed by atoms with Crippen LogP contribution in [0.2, 0.25) is 0 Å². The van der Waals surface area contributed by atoms with Gasteiger partial charge in [0.15, 0.2) is 5.78 Å². The molecule has 1 aliphatic rings. The van der Waals surface area contributed by atoms with Crippen LogP contribution in [0.4, 0.5) is 0 Å². The zero-order valence-electron chi connectivity index (χ0n) is 11.5. The lowest BCUT2D eigenvalue weighted by molar-refractivity contribution is -0.0250. The van der Waals surface area contributed by atoms with Crippen LogP contribution in [0.25, 0.3) is 0 Å². The summed E-state index contributed by atoms with van der Waals surface area (Å²) in [6.07, 6.45) is 1.53. The average Bonchev–Trinajstić information content (AvgIpc) is 2.83. The molecule has 2 N–H and O–H groups in total. The van der Waals surface area contributed by atoms with Crippen molar-refractivity contribution in [3.8, 4) is 0 Å². The summed E-state index contributed by atoms with van der Waals surface area (Å²) in [5.74, 6) is -0.149. The number of nitrogens with zero attached hydrogens (tertiary/aromatic N) is 1. The predicted molar refractivity (Wildman–Crippen MR) is 76.1 cm³/mol. The van der Waals surface area contributed by atoms with Gasteiger partial charge in [0.05, 0.1) is 22.0 Å². The SMILES string of the molecule is CC(=O)c1ccc(C(=O)N2CCC[C@@](O)(CO)CC2)s1. The van der Waals surface area contributed by atoms with Crippen molar-refractivity contribution in [1.82, 2.24) is 4.90 Å². The molecule has 20 heavy (non-hydrogen) atoms. The average molecular weight is 297 g/mol. The van der Waals surface area contributed by atoms with E-state index in [0.29, 0.717) is 42.1 Å². The monoisotopic (exact) mass is 297 g/mol. The molecule has 0 unspecified atom stereocenters. The van der Waals surface area contributed by atoms with E-state index in [-0.39, 0.29) is 18.3 Å². The summed E-state index contributed by atoms with van der Waals surface area (Å²) < 4.78 is 0. The molecular weight excluding hydrogens is 278 g/mol. The number of hydrogen-bond donors (Lipinski definition) is 2. The minimum atomic E-state index is -1.07. The van der Waals surface area contributed by atoms with Crippen LogP contribution in [0.5, 0.6) is 0 Å². The first-order chi connectivity index (χ1) is 9.45. The Balaban J connectivity index is 2.07. The summed E-state index contributed by atoms with van der Waals surface area (Å²) in [6, 6.07) is 3.34. The van der Waals surface area contributed by atoms with Crippen molar-refractivity contribution in [2.24, 2.45) is 0 Å². The van der Waals surface area contributed by atoms with E-state index in [1.807, 2.05) is 0 Å². The molecule has 1 fully saturated rings. The Bertz CT molecular complexity index is 513. The van der Waals surface area contributed by atoms with Crippen LogP contribution in [-0.4, -0.2) is 52.1 Å². The summed E-state index contributed by atoms with van der Waals surface area (Å²) in [6.45, 7) is 2.19. The van der Waals surface area contributed by atoms with Gasteiger partial charge in [0.2, 0.25) is 0 Å². The lowest BCUT2D eigenvalue weighted by atomic mass is 9.96. The van der Waals surface area contributed by atoms with Crippen LogP contribution in [-0.2, 0) is 0 Å². The molecule has 1 amide bonds. The van der Waals surface area contributed by atoms with Crippen molar-refractivity contribution >= 4 is 23.0 Å². The molecular formula is C14H19NO4S. The van der Waals surface area contributed by atoms with Gasteiger partial charge in [-0.05, 0) is 38.3 Å². The molecule has 0 bridgehead atoms. The van der Waals surface area contributed by atoms with Crippen molar-refractivity contribution < 1.29 is 19.8 Å². The lowest BCUT2D eigenvalue weighted by Crippen LogP contribution is -2.36. The molecule has 0 spiro atoms. The number of likely N-dealkylation sites (tertiary alicyclic amines) is 1. The number of rotatable bonds is 3. The van der Waals surface area contributed by atoms with E-state index in [0.717, 1.165) is 0 Å². The maximum absolute atomic E-state index is 12.4. The second-order valence-corrected chi connectivity index (χ2v) is 6.33. The van der Waals surface area contributed by atoms with Gasteiger partial charge in [-0.1, -0.05) is 0 Å². The van der Waals surface area contributed by atoms with Gasteiger partial charge in [-0.2, -0.15) is 0 Å². The summed E-state index contributed by atoms with van der Waals surface area (Å²) in [5, 5.41) is 19.3. The second kappa shape index (κ2) is 6.03. The third-order valence-corrected chi connectivity index (χ3v) is 4.84. The second-order valence-electron chi connectivity index (χ2n) is 5.25. The van der Waals surface area contributed by atoms with E-state index in [1.54, 1.807) is 17.0 Å². The number of amides is 1. The summed E-state index contributed by atoms with van der Waals surface area (Å²) in [7, 11) is 0. The highest BCUT2D eigenvalue weighted by molar-refractivity contribution is 7.15. The van der Waals surface area contributed by atoms with E-state index in [1.165, 1.54) is 18.3 Å². The third kappa shape index (κ3) is 3.26. The van der Waals surface area contributed by atoms with Crippen molar-refractivity contribution in [3.63, 3.8) is 0 Å². The largest absolute Gasteiger partial charge is 0.393 e. The minimum absolute atomic E-state index is 0.0421. The normalized spacial score (nSPS) is 23.4. The number of hydrogen-bond acceptors (Lipinski definition) is 5. The number of thiophene rings is 1. The Morgan fingerprint density at radius 1 is 1.30 bits per heavy atom. The topological polar surface area (TPSA) is 77.8 Å². The van der Waals surface area contributed by atoms with Gasteiger partial charge in [0.25, 0.3) is 5.91 Å².